The van der Waals surface area contributed by atoms with Crippen LogP contribution in [0.1, 0.15) is 31.1 Å². The van der Waals surface area contributed by atoms with E-state index in [0.29, 0.717) is 23.0 Å². The van der Waals surface area contributed by atoms with Gasteiger partial charge in [-0.15, -0.1) is 0 Å². The van der Waals surface area contributed by atoms with Crippen molar-refractivity contribution < 1.29 is 9.59 Å². The predicted molar refractivity (Wildman–Crippen MR) is 102 cm³/mol. The van der Waals surface area contributed by atoms with E-state index in [-0.39, 0.29) is 5.91 Å². The van der Waals surface area contributed by atoms with Crippen LogP contribution < -0.4 is 21.3 Å². The molecule has 0 heterocycles. The lowest BCUT2D eigenvalue weighted by atomic mass is 10.1. The van der Waals surface area contributed by atoms with Crippen LogP contribution in [0.4, 0.5) is 21.9 Å². The van der Waals surface area contributed by atoms with E-state index in [4.69, 9.17) is 5.73 Å². The van der Waals surface area contributed by atoms with Crippen molar-refractivity contribution in [2.24, 2.45) is 5.73 Å². The van der Waals surface area contributed by atoms with Crippen LogP contribution in [0, 0.1) is 0 Å². The molecule has 2 aromatic rings. The van der Waals surface area contributed by atoms with E-state index < -0.39 is 6.03 Å². The van der Waals surface area contributed by atoms with Gasteiger partial charge in [-0.2, -0.15) is 0 Å². The van der Waals surface area contributed by atoms with Crippen molar-refractivity contribution in [1.82, 2.24) is 0 Å². The molecule has 25 heavy (non-hydrogen) atoms. The van der Waals surface area contributed by atoms with Crippen LogP contribution in [0.3, 0.4) is 0 Å². The molecule has 132 valence electrons. The first-order valence-corrected chi connectivity index (χ1v) is 8.25. The van der Waals surface area contributed by atoms with Crippen LogP contribution in [0.15, 0.2) is 48.5 Å². The maximum absolute atomic E-state index is 12.4. The first-order valence-electron chi connectivity index (χ1n) is 8.25. The van der Waals surface area contributed by atoms with Gasteiger partial charge in [-0.05, 0) is 63.2 Å². The molecular weight excluding hydrogens is 316 g/mol. The normalized spacial score (nSPS) is 10.4. The number of urea groups is 1. The van der Waals surface area contributed by atoms with Crippen molar-refractivity contribution in [3.05, 3.63) is 54.1 Å². The first kappa shape index (κ1) is 18.3. The minimum atomic E-state index is -0.668. The molecular formula is C19H24N4O2. The first-order chi connectivity index (χ1) is 11.9. The highest BCUT2D eigenvalue weighted by atomic mass is 16.2. The van der Waals surface area contributed by atoms with Crippen molar-refractivity contribution in [2.75, 3.05) is 22.1 Å². The van der Waals surface area contributed by atoms with Crippen molar-refractivity contribution in [3.8, 4) is 0 Å². The molecule has 0 saturated carbocycles. The van der Waals surface area contributed by atoms with E-state index >= 15 is 0 Å². The number of carbonyl (C=O) groups is 2. The van der Waals surface area contributed by atoms with E-state index in [9.17, 15) is 9.59 Å². The van der Waals surface area contributed by atoms with Crippen LogP contribution in [-0.2, 0) is 0 Å². The van der Waals surface area contributed by atoms with Gasteiger partial charge >= 0.3 is 6.03 Å². The molecule has 0 fully saturated rings. The van der Waals surface area contributed by atoms with E-state index in [0.717, 1.165) is 12.2 Å². The average Bonchev–Trinajstić information content (AvgIpc) is 2.56. The zero-order valence-electron chi connectivity index (χ0n) is 14.7. The molecule has 0 saturated heterocycles. The molecule has 0 spiro atoms. The molecule has 4 N–H and O–H groups in total. The number of hydrogen-bond acceptors (Lipinski definition) is 3. The lowest BCUT2D eigenvalue weighted by Gasteiger charge is -2.27. The fraction of sp³-hybridized carbons (Fsp3) is 0.263. The minimum Gasteiger partial charge on any atom is -0.369 e. The highest BCUT2D eigenvalue weighted by Gasteiger charge is 2.10. The van der Waals surface area contributed by atoms with Gasteiger partial charge in [0.1, 0.15) is 0 Å². The van der Waals surface area contributed by atoms with Crippen LogP contribution in [0.25, 0.3) is 0 Å². The highest BCUT2D eigenvalue weighted by Crippen LogP contribution is 2.20. The van der Waals surface area contributed by atoms with E-state index in [1.807, 2.05) is 24.3 Å². The Bertz CT molecular complexity index is 741. The summed E-state index contributed by atoms with van der Waals surface area (Å²) in [4.78, 5) is 25.5. The number of hydrogen-bond donors (Lipinski definition) is 3. The summed E-state index contributed by atoms with van der Waals surface area (Å²) < 4.78 is 0. The van der Waals surface area contributed by atoms with Crippen molar-refractivity contribution in [3.63, 3.8) is 0 Å². The van der Waals surface area contributed by atoms with Crippen molar-refractivity contribution in [1.29, 1.82) is 0 Å². The molecule has 0 radical (unpaired) electrons. The number of benzene rings is 2. The minimum absolute atomic E-state index is 0.253. The third-order valence-electron chi connectivity index (χ3n) is 3.81. The van der Waals surface area contributed by atoms with Crippen LogP contribution in [0.2, 0.25) is 0 Å². The number of primary amides is 1. The Morgan fingerprint density at radius 1 is 1.04 bits per heavy atom. The summed E-state index contributed by atoms with van der Waals surface area (Å²) in [6.07, 6.45) is 0. The van der Waals surface area contributed by atoms with Crippen LogP contribution in [-0.4, -0.2) is 24.5 Å². The predicted octanol–water partition coefficient (Wildman–Crippen LogP) is 3.66. The number of nitrogens with two attached hydrogens (primary N) is 1. The molecule has 6 nitrogen and oxygen atoms in total. The molecule has 0 unspecified atom stereocenters. The summed E-state index contributed by atoms with van der Waals surface area (Å²) >= 11 is 0. The highest BCUT2D eigenvalue weighted by molar-refractivity contribution is 6.05. The van der Waals surface area contributed by atoms with Gasteiger partial charge in [0.25, 0.3) is 5.91 Å². The number of anilines is 3. The van der Waals surface area contributed by atoms with Gasteiger partial charge in [0.05, 0.1) is 0 Å². The van der Waals surface area contributed by atoms with E-state index in [2.05, 4.69) is 36.3 Å². The molecule has 3 amide bonds. The number of nitrogens with zero attached hydrogens (tertiary/aromatic N) is 1. The molecule has 0 aliphatic heterocycles. The van der Waals surface area contributed by atoms with Gasteiger partial charge in [-0.25, -0.2) is 4.79 Å². The standard InChI is InChI=1S/C19H24N4O2/c1-4-23(13(2)3)17-10-8-15(9-11-17)21-18(24)14-6-5-7-16(12-14)22-19(20)25/h5-13H,4H2,1-3H3,(H,21,24)(H3,20,22,25). The number of carbonyl (C=O) groups excluding carboxylic acids is 2. The Kier molecular flexibility index (Phi) is 6.00. The van der Waals surface area contributed by atoms with Gasteiger partial charge < -0.3 is 21.3 Å². The molecule has 2 rings (SSSR count). The third-order valence-corrected chi connectivity index (χ3v) is 3.81. The van der Waals surface area contributed by atoms with Gasteiger partial charge in [0, 0.05) is 35.2 Å². The summed E-state index contributed by atoms with van der Waals surface area (Å²) in [6.45, 7) is 7.32. The Labute approximate surface area is 148 Å². The maximum Gasteiger partial charge on any atom is 0.316 e. The van der Waals surface area contributed by atoms with Crippen LogP contribution in [0.5, 0.6) is 0 Å². The maximum atomic E-state index is 12.4. The van der Waals surface area contributed by atoms with Crippen molar-refractivity contribution in [2.45, 2.75) is 26.8 Å². The zero-order chi connectivity index (χ0) is 18.4. The number of nitrogens with one attached hydrogen (secondary N) is 2. The fourth-order valence-electron chi connectivity index (χ4n) is 2.67. The topological polar surface area (TPSA) is 87.5 Å². The summed E-state index contributed by atoms with van der Waals surface area (Å²) in [5, 5.41) is 5.30. The Morgan fingerprint density at radius 3 is 2.28 bits per heavy atom. The third kappa shape index (κ3) is 4.97. The van der Waals surface area contributed by atoms with Crippen LogP contribution >= 0.6 is 0 Å². The average molecular weight is 340 g/mol. The van der Waals surface area contributed by atoms with E-state index in [1.165, 1.54) is 0 Å². The monoisotopic (exact) mass is 340 g/mol. The second-order valence-corrected chi connectivity index (χ2v) is 5.95. The Morgan fingerprint density at radius 2 is 1.72 bits per heavy atom. The second-order valence-electron chi connectivity index (χ2n) is 5.95. The zero-order valence-corrected chi connectivity index (χ0v) is 14.7. The molecule has 2 aromatic carbocycles. The number of rotatable bonds is 6. The van der Waals surface area contributed by atoms with Gasteiger partial charge in [0.15, 0.2) is 0 Å². The largest absolute Gasteiger partial charge is 0.369 e. The molecule has 0 bridgehead atoms. The number of amides is 3. The van der Waals surface area contributed by atoms with Gasteiger partial charge in [-0.1, -0.05) is 6.07 Å². The quantitative estimate of drug-likeness (QED) is 0.750. The fourth-order valence-corrected chi connectivity index (χ4v) is 2.67. The Hall–Kier alpha value is -3.02. The molecule has 0 aliphatic rings. The van der Waals surface area contributed by atoms with Crippen molar-refractivity contribution >= 4 is 29.0 Å². The second kappa shape index (κ2) is 8.19. The molecule has 0 aliphatic carbocycles. The summed E-state index contributed by atoms with van der Waals surface area (Å²) in [5.41, 5.74) is 7.83. The Balaban J connectivity index is 2.09. The molecule has 0 aromatic heterocycles. The summed E-state index contributed by atoms with van der Waals surface area (Å²) in [5.74, 6) is -0.253. The molecule has 6 heteroatoms. The van der Waals surface area contributed by atoms with Gasteiger partial charge in [0.2, 0.25) is 0 Å². The summed E-state index contributed by atoms with van der Waals surface area (Å²) in [6, 6.07) is 14.1. The van der Waals surface area contributed by atoms with Gasteiger partial charge in [-0.3, -0.25) is 4.79 Å². The lowest BCUT2D eigenvalue weighted by molar-refractivity contribution is 0.102. The molecule has 0 atom stereocenters. The smallest absolute Gasteiger partial charge is 0.316 e. The van der Waals surface area contributed by atoms with E-state index in [1.54, 1.807) is 24.3 Å². The SMILES string of the molecule is CCN(c1ccc(NC(=O)c2cccc(NC(N)=O)c2)cc1)C(C)C. The summed E-state index contributed by atoms with van der Waals surface area (Å²) in [7, 11) is 0. The lowest BCUT2D eigenvalue weighted by Crippen LogP contribution is -2.30.